The molecule has 0 radical (unpaired) electrons. The van der Waals surface area contributed by atoms with E-state index < -0.39 is 22.0 Å². The van der Waals surface area contributed by atoms with Gasteiger partial charge in [-0.3, -0.25) is 19.5 Å². The van der Waals surface area contributed by atoms with E-state index in [0.29, 0.717) is 6.54 Å². The average molecular weight is 293 g/mol. The molecule has 1 heterocycles. The molecule has 0 aliphatic heterocycles. The molecule has 21 heavy (non-hydrogen) atoms. The highest BCUT2D eigenvalue weighted by atomic mass is 19.1. The van der Waals surface area contributed by atoms with Crippen molar-refractivity contribution in [3.8, 4) is 0 Å². The van der Waals surface area contributed by atoms with E-state index in [1.165, 1.54) is 16.8 Å². The van der Waals surface area contributed by atoms with E-state index in [1.54, 1.807) is 6.92 Å². The van der Waals surface area contributed by atoms with E-state index in [2.05, 4.69) is 0 Å². The number of hydrogen-bond acceptors (Lipinski definition) is 4. The number of aryl methyl sites for hydroxylation is 1. The van der Waals surface area contributed by atoms with E-state index in [1.807, 2.05) is 0 Å². The number of hydrogen-bond donors (Lipinski definition) is 0. The Bertz CT molecular complexity index is 810. The number of nitro groups is 1. The summed E-state index contributed by atoms with van der Waals surface area (Å²) in [4.78, 5) is 34.1. The molecule has 0 saturated heterocycles. The van der Waals surface area contributed by atoms with Gasteiger partial charge in [-0.25, -0.2) is 9.18 Å². The number of nitro benzene ring substituents is 1. The lowest BCUT2D eigenvalue weighted by Crippen LogP contribution is -2.39. The van der Waals surface area contributed by atoms with Crippen LogP contribution in [0.4, 0.5) is 10.1 Å². The fourth-order valence-electron chi connectivity index (χ4n) is 1.97. The Labute approximate surface area is 118 Å². The molecule has 0 fully saturated rings. The molecule has 0 aliphatic carbocycles. The first kappa shape index (κ1) is 14.6. The molecule has 0 bridgehead atoms. The van der Waals surface area contributed by atoms with Crippen LogP contribution in [0.2, 0.25) is 0 Å². The maximum absolute atomic E-state index is 13.3. The second-order valence-corrected chi connectivity index (χ2v) is 4.34. The normalized spacial score (nSPS) is 10.6. The molecule has 2 rings (SSSR count). The molecule has 0 spiro atoms. The quantitative estimate of drug-likeness (QED) is 0.624. The zero-order valence-electron chi connectivity index (χ0n) is 11.2. The summed E-state index contributed by atoms with van der Waals surface area (Å²) in [7, 11) is 0. The fraction of sp³-hybridized carbons (Fsp3) is 0.231. The summed E-state index contributed by atoms with van der Waals surface area (Å²) in [5.41, 5.74) is -1.56. The predicted molar refractivity (Wildman–Crippen MR) is 72.8 cm³/mol. The highest BCUT2D eigenvalue weighted by Gasteiger charge is 2.16. The molecule has 110 valence electrons. The molecule has 8 heteroatoms. The first-order valence-electron chi connectivity index (χ1n) is 6.17. The largest absolute Gasteiger partial charge is 0.331 e. The predicted octanol–water partition coefficient (Wildman–Crippen LogP) is 1.13. The van der Waals surface area contributed by atoms with Crippen molar-refractivity contribution in [2.75, 3.05) is 0 Å². The standard InChI is InChI=1S/C13H12FN3O4/c1-2-15-6-5-12(18)16(13(15)19)8-9-7-10(14)3-4-11(9)17(20)21/h3-7H,2,8H2,1H3. The summed E-state index contributed by atoms with van der Waals surface area (Å²) < 4.78 is 15.4. The van der Waals surface area contributed by atoms with E-state index in [-0.39, 0.29) is 17.8 Å². The van der Waals surface area contributed by atoms with Gasteiger partial charge in [-0.1, -0.05) is 0 Å². The molecule has 0 saturated carbocycles. The molecule has 1 aromatic carbocycles. The van der Waals surface area contributed by atoms with E-state index in [4.69, 9.17) is 0 Å². The minimum Gasteiger partial charge on any atom is -0.301 e. The third-order valence-electron chi connectivity index (χ3n) is 3.05. The van der Waals surface area contributed by atoms with Crippen molar-refractivity contribution >= 4 is 5.69 Å². The Balaban J connectivity index is 2.58. The Morgan fingerprint density at radius 1 is 1.29 bits per heavy atom. The molecule has 2 aromatic rings. The van der Waals surface area contributed by atoms with Gasteiger partial charge < -0.3 is 4.57 Å². The summed E-state index contributed by atoms with van der Waals surface area (Å²) in [6, 6.07) is 4.11. The summed E-state index contributed by atoms with van der Waals surface area (Å²) in [5.74, 6) is -0.671. The van der Waals surface area contributed by atoms with Crippen molar-refractivity contribution in [1.29, 1.82) is 0 Å². The van der Waals surface area contributed by atoms with Crippen molar-refractivity contribution < 1.29 is 9.31 Å². The van der Waals surface area contributed by atoms with Gasteiger partial charge in [0.05, 0.1) is 17.0 Å². The summed E-state index contributed by atoms with van der Waals surface area (Å²) >= 11 is 0. The monoisotopic (exact) mass is 293 g/mol. The van der Waals surface area contributed by atoms with Crippen molar-refractivity contribution in [2.45, 2.75) is 20.0 Å². The SMILES string of the molecule is CCn1ccc(=O)n(Cc2cc(F)ccc2[N+](=O)[O-])c1=O. The van der Waals surface area contributed by atoms with Gasteiger partial charge in [0.2, 0.25) is 0 Å². The maximum atomic E-state index is 13.3. The molecule has 7 nitrogen and oxygen atoms in total. The Morgan fingerprint density at radius 2 is 2.00 bits per heavy atom. The maximum Gasteiger partial charge on any atom is 0.331 e. The van der Waals surface area contributed by atoms with Gasteiger partial charge in [-0.15, -0.1) is 0 Å². The van der Waals surface area contributed by atoms with E-state index >= 15 is 0 Å². The summed E-state index contributed by atoms with van der Waals surface area (Å²) in [6.07, 6.45) is 1.35. The van der Waals surface area contributed by atoms with Crippen LogP contribution in [0, 0.1) is 15.9 Å². The number of nitrogens with zero attached hydrogens (tertiary/aromatic N) is 3. The molecule has 0 amide bonds. The van der Waals surface area contributed by atoms with Gasteiger partial charge in [0.25, 0.3) is 11.2 Å². The first-order valence-corrected chi connectivity index (χ1v) is 6.17. The van der Waals surface area contributed by atoms with Crippen LogP contribution in [0.3, 0.4) is 0 Å². The molecular weight excluding hydrogens is 281 g/mol. The smallest absolute Gasteiger partial charge is 0.301 e. The zero-order valence-corrected chi connectivity index (χ0v) is 11.2. The average Bonchev–Trinajstić information content (AvgIpc) is 2.43. The first-order chi connectivity index (χ1) is 9.93. The van der Waals surface area contributed by atoms with Gasteiger partial charge in [0, 0.05) is 24.9 Å². The molecule has 0 atom stereocenters. The van der Waals surface area contributed by atoms with E-state index in [9.17, 15) is 24.1 Å². The van der Waals surface area contributed by atoms with Gasteiger partial charge in [-0.05, 0) is 19.1 Å². The summed E-state index contributed by atoms with van der Waals surface area (Å²) in [5, 5.41) is 10.9. The van der Waals surface area contributed by atoms with Gasteiger partial charge in [-0.2, -0.15) is 0 Å². The third kappa shape index (κ3) is 2.88. The van der Waals surface area contributed by atoms with Gasteiger partial charge in [0.1, 0.15) is 5.82 Å². The van der Waals surface area contributed by atoms with Gasteiger partial charge >= 0.3 is 5.69 Å². The van der Waals surface area contributed by atoms with E-state index in [0.717, 1.165) is 22.8 Å². The van der Waals surface area contributed by atoms with Crippen LogP contribution in [0.1, 0.15) is 12.5 Å². The second kappa shape index (κ2) is 5.70. The third-order valence-corrected chi connectivity index (χ3v) is 3.05. The van der Waals surface area contributed by atoms with Gasteiger partial charge in [0.15, 0.2) is 0 Å². The molecule has 0 unspecified atom stereocenters. The van der Waals surface area contributed by atoms with Crippen molar-refractivity contribution in [2.24, 2.45) is 0 Å². The zero-order chi connectivity index (χ0) is 15.6. The molecule has 1 aromatic heterocycles. The van der Waals surface area contributed by atoms with Crippen LogP contribution < -0.4 is 11.2 Å². The number of aromatic nitrogens is 2. The molecule has 0 aliphatic rings. The topological polar surface area (TPSA) is 87.1 Å². The van der Waals surface area contributed by atoms with Crippen LogP contribution in [0.25, 0.3) is 0 Å². The fourth-order valence-corrected chi connectivity index (χ4v) is 1.97. The van der Waals surface area contributed by atoms with Crippen molar-refractivity contribution in [3.05, 3.63) is 72.8 Å². The Kier molecular flexibility index (Phi) is 3.97. The molecule has 0 N–H and O–H groups in total. The Morgan fingerprint density at radius 3 is 2.62 bits per heavy atom. The number of halogens is 1. The van der Waals surface area contributed by atoms with Crippen LogP contribution in [-0.4, -0.2) is 14.1 Å². The lowest BCUT2D eigenvalue weighted by atomic mass is 10.1. The van der Waals surface area contributed by atoms with Crippen LogP contribution in [0.15, 0.2) is 40.1 Å². The van der Waals surface area contributed by atoms with Crippen LogP contribution in [0.5, 0.6) is 0 Å². The second-order valence-electron chi connectivity index (χ2n) is 4.34. The van der Waals surface area contributed by atoms with Crippen molar-refractivity contribution in [3.63, 3.8) is 0 Å². The lowest BCUT2D eigenvalue weighted by Gasteiger charge is -2.08. The molecular formula is C13H12FN3O4. The minimum atomic E-state index is -0.679. The number of rotatable bonds is 4. The lowest BCUT2D eigenvalue weighted by molar-refractivity contribution is -0.385. The highest BCUT2D eigenvalue weighted by Crippen LogP contribution is 2.19. The van der Waals surface area contributed by atoms with Crippen LogP contribution in [-0.2, 0) is 13.1 Å². The minimum absolute atomic E-state index is 0.0342. The highest BCUT2D eigenvalue weighted by molar-refractivity contribution is 5.40. The number of benzene rings is 1. The van der Waals surface area contributed by atoms with Crippen LogP contribution >= 0.6 is 0 Å². The van der Waals surface area contributed by atoms with Crippen molar-refractivity contribution in [1.82, 2.24) is 9.13 Å². The summed E-state index contributed by atoms with van der Waals surface area (Å²) in [6.45, 7) is 1.72. The Hall–Kier alpha value is -2.77.